The molecular weight excluding hydrogens is 426 g/mol. The molecule has 2 aliphatic rings. The lowest BCUT2D eigenvalue weighted by Crippen LogP contribution is -2.58. The molecule has 3 nitrogen and oxygen atoms in total. The van der Waals surface area contributed by atoms with Crippen LogP contribution in [0.1, 0.15) is 120 Å². The number of amides is 1. The highest BCUT2D eigenvalue weighted by Gasteiger charge is 2.58. The molecule has 1 saturated heterocycles. The summed E-state index contributed by atoms with van der Waals surface area (Å²) in [4.78, 5) is 13.7. The van der Waals surface area contributed by atoms with E-state index in [1.54, 1.807) is 0 Å². The van der Waals surface area contributed by atoms with Crippen LogP contribution in [-0.4, -0.2) is 52.2 Å². The summed E-state index contributed by atoms with van der Waals surface area (Å²) in [5.74, 6) is 2.45. The topological polar surface area (TPSA) is 26.3 Å². The second kappa shape index (κ2) is 13.3. The number of rotatable bonds is 14. The number of nitrogens with zero attached hydrogens (tertiary/aromatic N) is 1. The Morgan fingerprint density at radius 1 is 1.03 bits per heavy atom. The zero-order chi connectivity index (χ0) is 24.6. The van der Waals surface area contributed by atoms with Gasteiger partial charge in [-0.05, 0) is 76.9 Å². The van der Waals surface area contributed by atoms with Crippen LogP contribution < -0.4 is 0 Å². The van der Waals surface area contributed by atoms with Gasteiger partial charge < -0.3 is 4.74 Å². The van der Waals surface area contributed by atoms with Gasteiger partial charge in [0.1, 0.15) is 0 Å². The highest BCUT2D eigenvalue weighted by molar-refractivity contribution is 8.01. The predicted molar refractivity (Wildman–Crippen MR) is 145 cm³/mol. The van der Waals surface area contributed by atoms with Gasteiger partial charge in [0.25, 0.3) is 0 Å². The Hall–Kier alpha value is -0.0600. The predicted octanol–water partition coefficient (Wildman–Crippen LogP) is 7.86. The van der Waals surface area contributed by atoms with Gasteiger partial charge in [-0.2, -0.15) is 11.8 Å². The van der Waals surface area contributed by atoms with Crippen LogP contribution in [0.15, 0.2) is 0 Å². The van der Waals surface area contributed by atoms with Gasteiger partial charge in [0.2, 0.25) is 0 Å². The Balaban J connectivity index is 2.06. The Kier molecular flexibility index (Phi) is 11.8. The summed E-state index contributed by atoms with van der Waals surface area (Å²) in [5, 5.41) is 0.612. The molecule has 1 aliphatic heterocycles. The summed E-state index contributed by atoms with van der Waals surface area (Å²) in [7, 11) is 0. The number of thioether (sulfide) groups is 1. The lowest BCUT2D eigenvalue weighted by atomic mass is 9.79. The lowest BCUT2D eigenvalue weighted by Gasteiger charge is -2.45. The fraction of sp³-hybridized carbons (Fsp3) is 0.966. The molecule has 5 atom stereocenters. The van der Waals surface area contributed by atoms with Crippen molar-refractivity contribution in [2.75, 3.05) is 19.7 Å². The third-order valence-corrected chi connectivity index (χ3v) is 10.8. The molecule has 0 aromatic rings. The molecule has 0 bridgehead atoms. The normalized spacial score (nSPS) is 33.4. The van der Waals surface area contributed by atoms with Gasteiger partial charge >= 0.3 is 5.91 Å². The number of likely N-dealkylation sites (tertiary alicyclic amines) is 1. The molecule has 194 valence electrons. The van der Waals surface area contributed by atoms with Crippen molar-refractivity contribution in [1.29, 1.82) is 0 Å². The SMILES string of the molecule is CCCC(C)OCC1CCC(C[N+]2(CC)C(=O)CC(C(CC)(CCC)SC(C)C)C2C)CC1. The zero-order valence-corrected chi connectivity index (χ0v) is 24.1. The van der Waals surface area contributed by atoms with Crippen molar-refractivity contribution in [3.8, 4) is 0 Å². The van der Waals surface area contributed by atoms with Gasteiger partial charge in [-0.1, -0.05) is 47.5 Å². The van der Waals surface area contributed by atoms with E-state index in [2.05, 4.69) is 67.2 Å². The van der Waals surface area contributed by atoms with Crippen molar-refractivity contribution in [1.82, 2.24) is 0 Å². The summed E-state index contributed by atoms with van der Waals surface area (Å²) in [6.07, 6.45) is 12.3. The van der Waals surface area contributed by atoms with E-state index in [4.69, 9.17) is 4.74 Å². The smallest absolute Gasteiger partial charge is 0.314 e. The molecule has 0 aromatic carbocycles. The maximum absolute atomic E-state index is 13.7. The maximum atomic E-state index is 13.7. The molecule has 4 heteroatoms. The van der Waals surface area contributed by atoms with E-state index in [0.717, 1.165) is 36.5 Å². The van der Waals surface area contributed by atoms with E-state index in [1.165, 1.54) is 57.8 Å². The number of ether oxygens (including phenoxy) is 1. The van der Waals surface area contributed by atoms with Gasteiger partial charge in [0.05, 0.1) is 31.7 Å². The quantitative estimate of drug-likeness (QED) is 0.236. The second-order valence-corrected chi connectivity index (χ2v) is 13.6. The minimum absolute atomic E-state index is 0.247. The summed E-state index contributed by atoms with van der Waals surface area (Å²) in [6, 6.07) is 0.441. The molecule has 0 radical (unpaired) electrons. The fourth-order valence-corrected chi connectivity index (χ4v) is 9.06. The monoisotopic (exact) mass is 482 g/mol. The average Bonchev–Trinajstić information content (AvgIpc) is 3.03. The number of quaternary nitrogens is 1. The molecule has 0 spiro atoms. The molecule has 1 saturated carbocycles. The van der Waals surface area contributed by atoms with Crippen molar-refractivity contribution in [2.45, 2.75) is 142 Å². The Morgan fingerprint density at radius 3 is 2.18 bits per heavy atom. The van der Waals surface area contributed by atoms with E-state index in [9.17, 15) is 4.79 Å². The molecule has 1 amide bonds. The van der Waals surface area contributed by atoms with Crippen LogP contribution in [-0.2, 0) is 9.53 Å². The van der Waals surface area contributed by atoms with Crippen LogP contribution in [0, 0.1) is 17.8 Å². The van der Waals surface area contributed by atoms with E-state index in [0.29, 0.717) is 35.1 Å². The van der Waals surface area contributed by atoms with Crippen molar-refractivity contribution >= 4 is 17.7 Å². The molecule has 2 rings (SSSR count). The second-order valence-electron chi connectivity index (χ2n) is 11.6. The third kappa shape index (κ3) is 7.00. The first-order valence-electron chi connectivity index (χ1n) is 14.4. The Bertz CT molecular complexity index is 588. The summed E-state index contributed by atoms with van der Waals surface area (Å²) in [6.45, 7) is 21.5. The Morgan fingerprint density at radius 2 is 1.67 bits per heavy atom. The van der Waals surface area contributed by atoms with E-state index in [-0.39, 0.29) is 4.75 Å². The first kappa shape index (κ1) is 29.2. The highest BCUT2D eigenvalue weighted by Crippen LogP contribution is 2.51. The first-order valence-corrected chi connectivity index (χ1v) is 15.2. The van der Waals surface area contributed by atoms with Gasteiger partial charge in [-0.25, -0.2) is 4.79 Å². The molecular formula is C29H56NO2S+. The number of carbonyl (C=O) groups excluding carboxylic acids is 1. The fourth-order valence-electron chi connectivity index (χ4n) is 7.18. The number of hydrogen-bond donors (Lipinski definition) is 0. The minimum Gasteiger partial charge on any atom is -0.378 e. The van der Waals surface area contributed by atoms with E-state index >= 15 is 0 Å². The Labute approximate surface area is 210 Å². The molecule has 33 heavy (non-hydrogen) atoms. The summed E-state index contributed by atoms with van der Waals surface area (Å²) in [5.41, 5.74) is 0. The van der Waals surface area contributed by atoms with Crippen LogP contribution in [0.4, 0.5) is 0 Å². The molecule has 5 unspecified atom stereocenters. The van der Waals surface area contributed by atoms with Crippen LogP contribution in [0.5, 0.6) is 0 Å². The summed E-state index contributed by atoms with van der Waals surface area (Å²) >= 11 is 2.17. The first-order chi connectivity index (χ1) is 15.7. The third-order valence-electron chi connectivity index (χ3n) is 9.10. The van der Waals surface area contributed by atoms with Crippen molar-refractivity contribution < 1.29 is 14.0 Å². The largest absolute Gasteiger partial charge is 0.378 e. The standard InChI is InChI=1S/C29H56NO2S/c1-9-13-23(7)32-21-26-16-14-25(15-17-26)20-30(12-4)24(8)27(19-28(30)31)29(11-3,18-10-2)33-22(5)6/h22-27H,9-21H2,1-8H3/q+1. The van der Waals surface area contributed by atoms with Crippen molar-refractivity contribution in [2.24, 2.45) is 17.8 Å². The van der Waals surface area contributed by atoms with Crippen molar-refractivity contribution in [3.63, 3.8) is 0 Å². The lowest BCUT2D eigenvalue weighted by molar-refractivity contribution is -0.873. The molecule has 1 aliphatic carbocycles. The van der Waals surface area contributed by atoms with Gasteiger partial charge in [-0.15, -0.1) is 0 Å². The zero-order valence-electron chi connectivity index (χ0n) is 23.3. The van der Waals surface area contributed by atoms with Crippen LogP contribution in [0.3, 0.4) is 0 Å². The average molecular weight is 483 g/mol. The molecule has 2 fully saturated rings. The van der Waals surface area contributed by atoms with Gasteiger partial charge in [-0.3, -0.25) is 4.48 Å². The molecule has 1 heterocycles. The summed E-state index contributed by atoms with van der Waals surface area (Å²) < 4.78 is 7.12. The number of hydrogen-bond acceptors (Lipinski definition) is 3. The van der Waals surface area contributed by atoms with E-state index in [1.807, 2.05) is 0 Å². The van der Waals surface area contributed by atoms with Crippen LogP contribution >= 0.6 is 11.8 Å². The van der Waals surface area contributed by atoms with Gasteiger partial charge in [0.15, 0.2) is 0 Å². The molecule has 0 N–H and O–H groups in total. The number of carbonyl (C=O) groups is 1. The van der Waals surface area contributed by atoms with Crippen molar-refractivity contribution in [3.05, 3.63) is 0 Å². The molecule has 0 aromatic heterocycles. The van der Waals surface area contributed by atoms with Crippen LogP contribution in [0.25, 0.3) is 0 Å². The maximum Gasteiger partial charge on any atom is 0.314 e. The highest BCUT2D eigenvalue weighted by atomic mass is 32.2. The minimum atomic E-state index is 0.247. The van der Waals surface area contributed by atoms with Crippen LogP contribution in [0.2, 0.25) is 0 Å². The van der Waals surface area contributed by atoms with Gasteiger partial charge in [0, 0.05) is 23.2 Å². The van der Waals surface area contributed by atoms with E-state index < -0.39 is 0 Å².